The third kappa shape index (κ3) is 8.16. The molecule has 0 saturated carbocycles. The van der Waals surface area contributed by atoms with Gasteiger partial charge >= 0.3 is 0 Å². The largest absolute Gasteiger partial charge is 0.344 e. The van der Waals surface area contributed by atoms with E-state index in [0.717, 1.165) is 16.7 Å². The quantitative estimate of drug-likeness (QED) is 0.300. The van der Waals surface area contributed by atoms with Gasteiger partial charge in [0.1, 0.15) is 12.1 Å². The summed E-state index contributed by atoms with van der Waals surface area (Å²) in [5.41, 5.74) is 3.39. The van der Waals surface area contributed by atoms with Gasteiger partial charge in [-0.25, -0.2) is 0 Å². The molecule has 4 rings (SSSR count). The molecular weight excluding hydrogens is 544 g/mol. The number of hydrogen-bond donors (Lipinski definition) is 3. The zero-order valence-electron chi connectivity index (χ0n) is 24.7. The Balaban J connectivity index is 1.40. The molecule has 0 fully saturated rings. The van der Waals surface area contributed by atoms with Crippen LogP contribution in [0.4, 0.5) is 0 Å². The predicted octanol–water partition coefficient (Wildman–Crippen LogP) is 2.83. The topological polar surface area (TPSA) is 125 Å². The number of nitrogens with one attached hydrogen (secondary N) is 3. The van der Waals surface area contributed by atoms with Crippen molar-refractivity contribution in [3.8, 4) is 0 Å². The minimum Gasteiger partial charge on any atom is -0.344 e. The number of nitrogens with zero attached hydrogens (tertiary/aromatic N) is 1. The molecule has 43 heavy (non-hydrogen) atoms. The summed E-state index contributed by atoms with van der Waals surface area (Å²) >= 11 is 0. The van der Waals surface area contributed by atoms with Gasteiger partial charge in [0.15, 0.2) is 0 Å². The lowest BCUT2D eigenvalue weighted by Crippen LogP contribution is -2.57. The number of benzene rings is 3. The third-order valence-corrected chi connectivity index (χ3v) is 7.57. The van der Waals surface area contributed by atoms with E-state index in [9.17, 15) is 24.0 Å². The van der Waals surface area contributed by atoms with E-state index in [1.165, 1.54) is 11.8 Å². The Kier molecular flexibility index (Phi) is 10.4. The first-order chi connectivity index (χ1) is 20.6. The van der Waals surface area contributed by atoms with E-state index in [4.69, 9.17) is 0 Å². The van der Waals surface area contributed by atoms with Gasteiger partial charge in [-0.05, 0) is 48.1 Å². The Hall–Kier alpha value is -4.79. The summed E-state index contributed by atoms with van der Waals surface area (Å²) in [4.78, 5) is 67.4. The number of Topliss-reactive ketones (excluding diaryl/α,β-unsaturated/α-hetero) is 1. The molecule has 0 saturated heterocycles. The van der Waals surface area contributed by atoms with Crippen LogP contribution in [0.3, 0.4) is 0 Å². The Bertz CT molecular complexity index is 1460. The van der Waals surface area contributed by atoms with E-state index in [-0.39, 0.29) is 12.3 Å². The molecule has 9 nitrogen and oxygen atoms in total. The first kappa shape index (κ1) is 31.2. The Morgan fingerprint density at radius 1 is 0.721 bits per heavy atom. The molecule has 0 bridgehead atoms. The highest BCUT2D eigenvalue weighted by atomic mass is 16.2. The number of rotatable bonds is 11. The first-order valence-electron chi connectivity index (χ1n) is 14.5. The molecule has 1 aliphatic heterocycles. The van der Waals surface area contributed by atoms with Gasteiger partial charge < -0.3 is 20.9 Å². The van der Waals surface area contributed by atoms with Crippen LogP contribution in [0.5, 0.6) is 0 Å². The number of amides is 4. The zero-order valence-corrected chi connectivity index (χ0v) is 24.7. The molecule has 9 heteroatoms. The van der Waals surface area contributed by atoms with Crippen LogP contribution >= 0.6 is 0 Å². The average molecular weight is 583 g/mol. The standard InChI is InChI=1S/C34H38N4O5/c1-22(2)29(30(39)34(43)38-19-18-25-14-10-11-17-27(25)21-38)37-31(40)23(3)35-33(42)28(20-24-12-6-4-7-13-24)36-32(41)26-15-8-5-9-16-26/h4-17,22-23,28-29H,18-21H2,1-3H3,(H,35,42)(H,36,41)(H,37,40)/t23-,28-,29-/m0/s1. The molecular formula is C34H38N4O5. The lowest BCUT2D eigenvalue weighted by atomic mass is 9.96. The van der Waals surface area contributed by atoms with Crippen LogP contribution in [-0.2, 0) is 38.6 Å². The highest BCUT2D eigenvalue weighted by Crippen LogP contribution is 2.19. The van der Waals surface area contributed by atoms with E-state index in [2.05, 4.69) is 16.0 Å². The van der Waals surface area contributed by atoms with E-state index in [1.807, 2.05) is 54.6 Å². The molecule has 0 aromatic heterocycles. The van der Waals surface area contributed by atoms with Gasteiger partial charge in [-0.2, -0.15) is 0 Å². The molecule has 3 N–H and O–H groups in total. The highest BCUT2D eigenvalue weighted by Gasteiger charge is 2.35. The SMILES string of the molecule is CC(C)[C@H](NC(=O)[C@H](C)NC(=O)[C@H](Cc1ccccc1)NC(=O)c1ccccc1)C(=O)C(=O)N1CCc2ccccc2C1. The van der Waals surface area contributed by atoms with Gasteiger partial charge in [-0.15, -0.1) is 0 Å². The summed E-state index contributed by atoms with van der Waals surface area (Å²) in [6, 6.07) is 22.5. The van der Waals surface area contributed by atoms with Gasteiger partial charge in [-0.3, -0.25) is 24.0 Å². The Morgan fingerprint density at radius 2 is 1.33 bits per heavy atom. The fraction of sp³-hybridized carbons (Fsp3) is 0.324. The number of fused-ring (bicyclic) bond motifs is 1. The second-order valence-corrected chi connectivity index (χ2v) is 11.2. The normalized spacial score (nSPS) is 14.6. The minimum atomic E-state index is -1.06. The smallest absolute Gasteiger partial charge is 0.292 e. The predicted molar refractivity (Wildman–Crippen MR) is 163 cm³/mol. The molecule has 3 aromatic rings. The number of ketones is 1. The maximum atomic E-state index is 13.4. The van der Waals surface area contributed by atoms with Crippen LogP contribution < -0.4 is 16.0 Å². The fourth-order valence-corrected chi connectivity index (χ4v) is 5.04. The summed E-state index contributed by atoms with van der Waals surface area (Å²) in [6.07, 6.45) is 0.863. The van der Waals surface area contributed by atoms with Gasteiger partial charge in [0, 0.05) is 25.1 Å². The fourth-order valence-electron chi connectivity index (χ4n) is 5.04. The zero-order chi connectivity index (χ0) is 30.9. The van der Waals surface area contributed by atoms with Crippen molar-refractivity contribution in [3.63, 3.8) is 0 Å². The lowest BCUT2D eigenvalue weighted by Gasteiger charge is -2.30. The molecule has 3 aromatic carbocycles. The van der Waals surface area contributed by atoms with E-state index in [0.29, 0.717) is 25.1 Å². The second kappa shape index (κ2) is 14.4. The number of hydrogen-bond acceptors (Lipinski definition) is 5. The molecule has 1 heterocycles. The van der Waals surface area contributed by atoms with Gasteiger partial charge in [0.2, 0.25) is 17.6 Å². The van der Waals surface area contributed by atoms with Crippen molar-refractivity contribution >= 4 is 29.4 Å². The van der Waals surface area contributed by atoms with Crippen molar-refractivity contribution in [3.05, 3.63) is 107 Å². The summed E-state index contributed by atoms with van der Waals surface area (Å²) in [5.74, 6) is -3.28. The molecule has 224 valence electrons. The van der Waals surface area contributed by atoms with Crippen molar-refractivity contribution in [1.82, 2.24) is 20.9 Å². The molecule has 0 aliphatic carbocycles. The van der Waals surface area contributed by atoms with Crippen molar-refractivity contribution < 1.29 is 24.0 Å². The minimum absolute atomic E-state index is 0.208. The molecule has 0 radical (unpaired) electrons. The van der Waals surface area contributed by atoms with Crippen LogP contribution in [-0.4, -0.2) is 59.0 Å². The second-order valence-electron chi connectivity index (χ2n) is 11.2. The average Bonchev–Trinajstić information content (AvgIpc) is 3.02. The van der Waals surface area contributed by atoms with Crippen LogP contribution in [0, 0.1) is 5.92 Å². The maximum Gasteiger partial charge on any atom is 0.292 e. The van der Waals surface area contributed by atoms with Crippen molar-refractivity contribution in [2.24, 2.45) is 5.92 Å². The highest BCUT2D eigenvalue weighted by molar-refractivity contribution is 6.38. The van der Waals surface area contributed by atoms with Gasteiger partial charge in [0.25, 0.3) is 11.8 Å². The molecule has 0 spiro atoms. The van der Waals surface area contributed by atoms with Crippen LogP contribution in [0.1, 0.15) is 47.8 Å². The van der Waals surface area contributed by atoms with Crippen molar-refractivity contribution in [2.75, 3.05) is 6.54 Å². The Labute approximate surface area is 252 Å². The number of carbonyl (C=O) groups excluding carboxylic acids is 5. The van der Waals surface area contributed by atoms with Gasteiger partial charge in [0.05, 0.1) is 6.04 Å². The Morgan fingerprint density at radius 3 is 1.98 bits per heavy atom. The van der Waals surface area contributed by atoms with Crippen LogP contribution in [0.15, 0.2) is 84.9 Å². The number of carbonyl (C=O) groups is 5. The van der Waals surface area contributed by atoms with Crippen molar-refractivity contribution in [1.29, 1.82) is 0 Å². The summed E-state index contributed by atoms with van der Waals surface area (Å²) in [6.45, 7) is 5.75. The monoisotopic (exact) mass is 582 g/mol. The molecule has 3 atom stereocenters. The molecule has 0 unspecified atom stereocenters. The summed E-state index contributed by atoms with van der Waals surface area (Å²) in [5, 5.41) is 8.12. The van der Waals surface area contributed by atoms with E-state index < -0.39 is 47.5 Å². The summed E-state index contributed by atoms with van der Waals surface area (Å²) < 4.78 is 0. The van der Waals surface area contributed by atoms with Crippen LogP contribution in [0.25, 0.3) is 0 Å². The first-order valence-corrected chi connectivity index (χ1v) is 14.5. The molecule has 4 amide bonds. The maximum absolute atomic E-state index is 13.4. The van der Waals surface area contributed by atoms with Crippen molar-refractivity contribution in [2.45, 2.75) is 58.3 Å². The van der Waals surface area contributed by atoms with E-state index in [1.54, 1.807) is 44.2 Å². The third-order valence-electron chi connectivity index (χ3n) is 7.57. The molecule has 1 aliphatic rings. The van der Waals surface area contributed by atoms with Crippen LogP contribution in [0.2, 0.25) is 0 Å². The lowest BCUT2D eigenvalue weighted by molar-refractivity contribution is -0.147. The van der Waals surface area contributed by atoms with Gasteiger partial charge in [-0.1, -0.05) is 86.6 Å². The van der Waals surface area contributed by atoms with E-state index >= 15 is 0 Å². The summed E-state index contributed by atoms with van der Waals surface area (Å²) in [7, 11) is 0.